The summed E-state index contributed by atoms with van der Waals surface area (Å²) >= 11 is 0. The number of hydrogen-bond donors (Lipinski definition) is 2. The Morgan fingerprint density at radius 1 is 1.45 bits per heavy atom. The van der Waals surface area contributed by atoms with Gasteiger partial charge in [-0.25, -0.2) is 0 Å². The van der Waals surface area contributed by atoms with Gasteiger partial charge in [0.25, 0.3) is 0 Å². The van der Waals surface area contributed by atoms with Crippen LogP contribution in [0.3, 0.4) is 0 Å². The molecule has 0 aromatic rings. The largest absolute Gasteiger partial charge is 0.377 e. The molecule has 0 aromatic heterocycles. The second-order valence-electron chi connectivity index (χ2n) is 6.30. The maximum absolute atomic E-state index is 11.8. The van der Waals surface area contributed by atoms with Gasteiger partial charge >= 0.3 is 0 Å². The minimum atomic E-state index is -0.499. The zero-order valence-electron chi connectivity index (χ0n) is 12.9. The van der Waals surface area contributed by atoms with Gasteiger partial charge in [0.1, 0.15) is 0 Å². The predicted octanol–water partition coefficient (Wildman–Crippen LogP) is 0.873. The molecule has 20 heavy (non-hydrogen) atoms. The van der Waals surface area contributed by atoms with E-state index in [2.05, 4.69) is 17.3 Å². The number of carbonyl (C=O) groups excluding carboxylic acids is 1. The zero-order chi connectivity index (χ0) is 14.6. The van der Waals surface area contributed by atoms with E-state index >= 15 is 0 Å². The molecule has 3 unspecified atom stereocenters. The van der Waals surface area contributed by atoms with Gasteiger partial charge in [-0.2, -0.15) is 0 Å². The summed E-state index contributed by atoms with van der Waals surface area (Å²) in [5.74, 6) is -0.204. The van der Waals surface area contributed by atoms with Gasteiger partial charge in [-0.15, -0.1) is 0 Å². The molecular formula is C15H29N3O2. The molecule has 2 aliphatic rings. The Bertz CT molecular complexity index is 331. The van der Waals surface area contributed by atoms with E-state index < -0.39 is 5.54 Å². The van der Waals surface area contributed by atoms with Gasteiger partial charge in [-0.05, 0) is 52.1 Å². The fraction of sp³-hybridized carbons (Fsp3) is 0.933. The number of hydrogen-bond acceptors (Lipinski definition) is 4. The maximum Gasteiger partial charge on any atom is 0.237 e. The van der Waals surface area contributed by atoms with Crippen molar-refractivity contribution in [3.63, 3.8) is 0 Å². The molecule has 5 heteroatoms. The molecule has 1 saturated heterocycles. The summed E-state index contributed by atoms with van der Waals surface area (Å²) in [6, 6.07) is 0.423. The summed E-state index contributed by atoms with van der Waals surface area (Å²) < 4.78 is 5.81. The van der Waals surface area contributed by atoms with Crippen molar-refractivity contribution in [1.29, 1.82) is 0 Å². The fourth-order valence-corrected chi connectivity index (χ4v) is 3.63. The average molecular weight is 283 g/mol. The molecule has 3 N–H and O–H groups in total. The molecule has 2 rings (SSSR count). The number of nitrogens with two attached hydrogens (primary N) is 1. The van der Waals surface area contributed by atoms with Gasteiger partial charge in [-0.1, -0.05) is 6.92 Å². The summed E-state index contributed by atoms with van der Waals surface area (Å²) in [5, 5.41) is 3.31. The van der Waals surface area contributed by atoms with E-state index in [9.17, 15) is 4.79 Å². The monoisotopic (exact) mass is 283 g/mol. The topological polar surface area (TPSA) is 67.6 Å². The molecule has 0 aromatic carbocycles. The molecular weight excluding hydrogens is 254 g/mol. The van der Waals surface area contributed by atoms with Crippen molar-refractivity contribution in [1.82, 2.24) is 10.2 Å². The molecule has 116 valence electrons. The van der Waals surface area contributed by atoms with Crippen molar-refractivity contribution in [2.24, 2.45) is 5.73 Å². The van der Waals surface area contributed by atoms with Gasteiger partial charge in [0.05, 0.1) is 11.6 Å². The molecule has 1 saturated carbocycles. The lowest BCUT2D eigenvalue weighted by Gasteiger charge is -2.32. The number of rotatable bonds is 6. The SMILES string of the molecule is CCNC1(C(N)=O)CCC(N(C)CC2CCCCO2)C1. The number of ether oxygens (including phenoxy) is 1. The van der Waals surface area contributed by atoms with Crippen molar-refractivity contribution in [2.75, 3.05) is 26.7 Å². The highest BCUT2D eigenvalue weighted by Crippen LogP contribution is 2.33. The number of carbonyl (C=O) groups is 1. The number of primary amides is 1. The highest BCUT2D eigenvalue weighted by molar-refractivity contribution is 5.85. The fourth-order valence-electron chi connectivity index (χ4n) is 3.63. The molecule has 1 aliphatic carbocycles. The van der Waals surface area contributed by atoms with Crippen LogP contribution in [0.25, 0.3) is 0 Å². The summed E-state index contributed by atoms with van der Waals surface area (Å²) in [5.41, 5.74) is 5.12. The van der Waals surface area contributed by atoms with Gasteiger partial charge in [-0.3, -0.25) is 4.79 Å². The summed E-state index contributed by atoms with van der Waals surface area (Å²) in [4.78, 5) is 14.1. The third-order valence-corrected chi connectivity index (χ3v) is 4.86. The summed E-state index contributed by atoms with van der Waals surface area (Å²) in [6.45, 7) is 4.67. The van der Waals surface area contributed by atoms with Crippen molar-refractivity contribution >= 4 is 5.91 Å². The minimum Gasteiger partial charge on any atom is -0.377 e. The number of nitrogens with one attached hydrogen (secondary N) is 1. The van der Waals surface area contributed by atoms with E-state index in [-0.39, 0.29) is 5.91 Å². The van der Waals surface area contributed by atoms with Crippen LogP contribution in [-0.2, 0) is 9.53 Å². The second kappa shape index (κ2) is 6.87. The standard InChI is InChI=1S/C15H29N3O2/c1-3-17-15(14(16)19)8-7-12(10-15)18(2)11-13-6-4-5-9-20-13/h12-13,17H,3-11H2,1-2H3,(H2,16,19). The zero-order valence-corrected chi connectivity index (χ0v) is 12.9. The lowest BCUT2D eigenvalue weighted by molar-refractivity contribution is -0.124. The van der Waals surface area contributed by atoms with Crippen LogP contribution in [0.4, 0.5) is 0 Å². The van der Waals surface area contributed by atoms with E-state index in [0.717, 1.165) is 45.4 Å². The molecule has 2 fully saturated rings. The first-order valence-corrected chi connectivity index (χ1v) is 7.94. The average Bonchev–Trinajstić information content (AvgIpc) is 2.86. The van der Waals surface area contributed by atoms with E-state index in [1.165, 1.54) is 12.8 Å². The Kier molecular flexibility index (Phi) is 5.41. The molecule has 0 radical (unpaired) electrons. The third kappa shape index (κ3) is 3.51. The van der Waals surface area contributed by atoms with Crippen LogP contribution >= 0.6 is 0 Å². The molecule has 1 heterocycles. The predicted molar refractivity (Wildman–Crippen MR) is 79.5 cm³/mol. The summed E-state index contributed by atoms with van der Waals surface area (Å²) in [7, 11) is 2.14. The van der Waals surface area contributed by atoms with Gasteiger partial charge in [0.15, 0.2) is 0 Å². The highest BCUT2D eigenvalue weighted by atomic mass is 16.5. The van der Waals surface area contributed by atoms with Crippen molar-refractivity contribution in [2.45, 2.75) is 63.1 Å². The van der Waals surface area contributed by atoms with Gasteiger partial charge < -0.3 is 20.7 Å². The normalized spacial score (nSPS) is 34.5. The van der Waals surface area contributed by atoms with Crippen molar-refractivity contribution < 1.29 is 9.53 Å². The van der Waals surface area contributed by atoms with E-state index in [0.29, 0.717) is 12.1 Å². The molecule has 5 nitrogen and oxygen atoms in total. The Labute approximate surface area is 122 Å². The lowest BCUT2D eigenvalue weighted by Crippen LogP contribution is -2.54. The van der Waals surface area contributed by atoms with Crippen molar-refractivity contribution in [3.05, 3.63) is 0 Å². The highest BCUT2D eigenvalue weighted by Gasteiger charge is 2.44. The van der Waals surface area contributed by atoms with Crippen LogP contribution in [0.2, 0.25) is 0 Å². The Morgan fingerprint density at radius 2 is 2.25 bits per heavy atom. The van der Waals surface area contributed by atoms with Crippen LogP contribution < -0.4 is 11.1 Å². The van der Waals surface area contributed by atoms with E-state index in [4.69, 9.17) is 10.5 Å². The first kappa shape index (κ1) is 15.7. The van der Waals surface area contributed by atoms with Crippen LogP contribution in [-0.4, -0.2) is 55.2 Å². The van der Waals surface area contributed by atoms with Gasteiger partial charge in [0.2, 0.25) is 5.91 Å². The first-order chi connectivity index (χ1) is 9.57. The lowest BCUT2D eigenvalue weighted by atomic mass is 9.96. The van der Waals surface area contributed by atoms with E-state index in [1.807, 2.05) is 6.92 Å². The molecule has 3 atom stereocenters. The van der Waals surface area contributed by atoms with Crippen LogP contribution in [0.5, 0.6) is 0 Å². The minimum absolute atomic E-state index is 0.204. The van der Waals surface area contributed by atoms with Crippen LogP contribution in [0.15, 0.2) is 0 Å². The smallest absolute Gasteiger partial charge is 0.237 e. The molecule has 0 bridgehead atoms. The Hall–Kier alpha value is -0.650. The third-order valence-electron chi connectivity index (χ3n) is 4.86. The van der Waals surface area contributed by atoms with Gasteiger partial charge in [0, 0.05) is 19.2 Å². The second-order valence-corrected chi connectivity index (χ2v) is 6.30. The Balaban J connectivity index is 1.88. The Morgan fingerprint density at radius 3 is 2.85 bits per heavy atom. The van der Waals surface area contributed by atoms with Crippen LogP contribution in [0.1, 0.15) is 45.4 Å². The molecule has 1 aliphatic heterocycles. The quantitative estimate of drug-likeness (QED) is 0.759. The molecule has 0 spiro atoms. The number of amides is 1. The first-order valence-electron chi connectivity index (χ1n) is 7.94. The summed E-state index contributed by atoms with van der Waals surface area (Å²) in [6.07, 6.45) is 6.66. The van der Waals surface area contributed by atoms with Crippen molar-refractivity contribution in [3.8, 4) is 0 Å². The number of likely N-dealkylation sites (N-methyl/N-ethyl adjacent to an activating group) is 2. The number of nitrogens with zero attached hydrogens (tertiary/aromatic N) is 1. The van der Waals surface area contributed by atoms with Crippen LogP contribution in [0, 0.1) is 0 Å². The maximum atomic E-state index is 11.8. The molecule has 1 amide bonds. The van der Waals surface area contributed by atoms with E-state index in [1.54, 1.807) is 0 Å².